The van der Waals surface area contributed by atoms with Crippen LogP contribution in [0.2, 0.25) is 0 Å². The molecule has 1 aliphatic rings. The van der Waals surface area contributed by atoms with Crippen molar-refractivity contribution in [3.63, 3.8) is 0 Å². The molecule has 33 heavy (non-hydrogen) atoms. The molecule has 0 radical (unpaired) electrons. The Hall–Kier alpha value is -2.22. The number of carbonyl (C=O) groups excluding carboxylic acids is 3. The first kappa shape index (κ1) is 27.0. The standard InChI is InChI=1S/C25H39N3O4S/c1-7-8-14-26-22(29)21(19-11-9-10-16(2)17(19)3)28(18-12-13-18)23(30)20(15-33)27-24(31)32-25(4,5)6/h9-11,18,20-21,33H,7-8,12-15H2,1-6H3,(H,26,29)(H,27,31). The molecular formula is C25H39N3O4S. The van der Waals surface area contributed by atoms with Crippen LogP contribution in [0.1, 0.15) is 76.1 Å². The quantitative estimate of drug-likeness (QED) is 0.350. The Bertz CT molecular complexity index is 849. The van der Waals surface area contributed by atoms with Crippen molar-refractivity contribution in [2.75, 3.05) is 12.3 Å². The van der Waals surface area contributed by atoms with Gasteiger partial charge in [-0.1, -0.05) is 31.5 Å². The number of hydrogen-bond acceptors (Lipinski definition) is 5. The lowest BCUT2D eigenvalue weighted by Crippen LogP contribution is -2.54. The zero-order valence-corrected chi connectivity index (χ0v) is 21.6. The molecule has 0 aliphatic heterocycles. The van der Waals surface area contributed by atoms with Crippen molar-refractivity contribution < 1.29 is 19.1 Å². The van der Waals surface area contributed by atoms with Gasteiger partial charge in [0, 0.05) is 18.3 Å². The second kappa shape index (κ2) is 11.8. The summed E-state index contributed by atoms with van der Waals surface area (Å²) in [7, 11) is 0. The predicted molar refractivity (Wildman–Crippen MR) is 133 cm³/mol. The van der Waals surface area contributed by atoms with E-state index in [0.717, 1.165) is 42.4 Å². The van der Waals surface area contributed by atoms with Gasteiger partial charge >= 0.3 is 6.09 Å². The molecule has 1 aromatic rings. The van der Waals surface area contributed by atoms with Gasteiger partial charge in [-0.3, -0.25) is 9.59 Å². The molecule has 2 atom stereocenters. The van der Waals surface area contributed by atoms with Gasteiger partial charge < -0.3 is 20.3 Å². The molecule has 8 heteroatoms. The summed E-state index contributed by atoms with van der Waals surface area (Å²) in [6, 6.07) is 4.08. The number of amides is 3. The van der Waals surface area contributed by atoms with Gasteiger partial charge in [0.05, 0.1) is 0 Å². The van der Waals surface area contributed by atoms with Crippen molar-refractivity contribution in [2.45, 2.75) is 91.0 Å². The topological polar surface area (TPSA) is 87.7 Å². The maximum Gasteiger partial charge on any atom is 0.408 e. The highest BCUT2D eigenvalue weighted by atomic mass is 32.1. The van der Waals surface area contributed by atoms with Gasteiger partial charge in [0.1, 0.15) is 17.7 Å². The summed E-state index contributed by atoms with van der Waals surface area (Å²) in [5.41, 5.74) is 2.15. The smallest absolute Gasteiger partial charge is 0.408 e. The number of nitrogens with zero attached hydrogens (tertiary/aromatic N) is 1. The minimum atomic E-state index is -0.903. The fourth-order valence-electron chi connectivity index (χ4n) is 3.66. The number of ether oxygens (including phenoxy) is 1. The fourth-order valence-corrected chi connectivity index (χ4v) is 3.91. The third-order valence-corrected chi connectivity index (χ3v) is 6.03. The molecule has 0 aromatic heterocycles. The fraction of sp³-hybridized carbons (Fsp3) is 0.640. The summed E-state index contributed by atoms with van der Waals surface area (Å²) < 4.78 is 5.33. The molecule has 0 spiro atoms. The van der Waals surface area contributed by atoms with Crippen LogP contribution < -0.4 is 10.6 Å². The Kier molecular flexibility index (Phi) is 9.64. The van der Waals surface area contributed by atoms with Crippen LogP contribution in [0.15, 0.2) is 18.2 Å². The van der Waals surface area contributed by atoms with E-state index in [-0.39, 0.29) is 23.6 Å². The number of carbonyl (C=O) groups is 3. The third kappa shape index (κ3) is 7.66. The Morgan fingerprint density at radius 1 is 1.21 bits per heavy atom. The molecule has 7 nitrogen and oxygen atoms in total. The highest BCUT2D eigenvalue weighted by molar-refractivity contribution is 7.80. The average molecular weight is 478 g/mol. The Labute approximate surface area is 203 Å². The molecule has 0 saturated heterocycles. The van der Waals surface area contributed by atoms with Crippen molar-refractivity contribution in [2.24, 2.45) is 0 Å². The zero-order chi connectivity index (χ0) is 24.8. The number of rotatable bonds is 10. The van der Waals surface area contributed by atoms with E-state index in [4.69, 9.17) is 4.74 Å². The van der Waals surface area contributed by atoms with Crippen molar-refractivity contribution >= 4 is 30.5 Å². The van der Waals surface area contributed by atoms with Crippen LogP contribution >= 0.6 is 12.6 Å². The van der Waals surface area contributed by atoms with Gasteiger partial charge in [0.2, 0.25) is 11.8 Å². The Balaban J connectivity index is 2.39. The minimum absolute atomic E-state index is 0.0536. The highest BCUT2D eigenvalue weighted by Crippen LogP contribution is 2.37. The van der Waals surface area contributed by atoms with Gasteiger partial charge in [-0.15, -0.1) is 0 Å². The molecular weight excluding hydrogens is 438 g/mol. The van der Waals surface area contributed by atoms with E-state index >= 15 is 0 Å². The molecule has 1 aliphatic carbocycles. The summed E-state index contributed by atoms with van der Waals surface area (Å²) in [5, 5.41) is 5.66. The molecule has 2 N–H and O–H groups in total. The first-order chi connectivity index (χ1) is 15.5. The van der Waals surface area contributed by atoms with E-state index in [2.05, 4.69) is 30.2 Å². The highest BCUT2D eigenvalue weighted by Gasteiger charge is 2.44. The number of unbranched alkanes of at least 4 members (excludes halogenated alkanes) is 1. The zero-order valence-electron chi connectivity index (χ0n) is 20.7. The molecule has 2 unspecified atom stereocenters. The Morgan fingerprint density at radius 3 is 2.42 bits per heavy atom. The maximum absolute atomic E-state index is 13.7. The average Bonchev–Trinajstić information content (AvgIpc) is 3.56. The maximum atomic E-state index is 13.7. The van der Waals surface area contributed by atoms with Crippen LogP contribution in [-0.2, 0) is 14.3 Å². The number of thiol groups is 1. The Morgan fingerprint density at radius 2 is 1.88 bits per heavy atom. The SMILES string of the molecule is CCCCNC(=O)C(c1cccc(C)c1C)N(C(=O)C(CS)NC(=O)OC(C)(C)C)C1CC1. The molecule has 0 heterocycles. The number of alkyl carbamates (subject to hydrolysis) is 1. The van der Waals surface area contributed by atoms with Crippen molar-refractivity contribution in [1.82, 2.24) is 15.5 Å². The van der Waals surface area contributed by atoms with E-state index in [1.54, 1.807) is 25.7 Å². The second-order valence-electron chi connectivity index (χ2n) is 9.69. The van der Waals surface area contributed by atoms with Gasteiger partial charge in [-0.2, -0.15) is 12.6 Å². The first-order valence-corrected chi connectivity index (χ1v) is 12.4. The van der Waals surface area contributed by atoms with Crippen LogP contribution in [-0.4, -0.2) is 52.8 Å². The number of nitrogens with one attached hydrogen (secondary N) is 2. The van der Waals surface area contributed by atoms with Crippen LogP contribution in [0.4, 0.5) is 4.79 Å². The molecule has 2 rings (SSSR count). The van der Waals surface area contributed by atoms with E-state index in [1.807, 2.05) is 32.0 Å². The molecule has 1 aromatic carbocycles. The lowest BCUT2D eigenvalue weighted by molar-refractivity contribution is -0.142. The van der Waals surface area contributed by atoms with Crippen LogP contribution in [0.5, 0.6) is 0 Å². The van der Waals surface area contributed by atoms with Gasteiger partial charge in [-0.05, 0) is 70.6 Å². The summed E-state index contributed by atoms with van der Waals surface area (Å²) >= 11 is 4.32. The number of hydrogen-bond donors (Lipinski definition) is 3. The third-order valence-electron chi connectivity index (χ3n) is 5.66. The van der Waals surface area contributed by atoms with E-state index in [1.165, 1.54) is 0 Å². The summed E-state index contributed by atoms with van der Waals surface area (Å²) in [4.78, 5) is 41.2. The summed E-state index contributed by atoms with van der Waals surface area (Å²) in [5.74, 6) is -0.430. The van der Waals surface area contributed by atoms with Crippen molar-refractivity contribution in [3.8, 4) is 0 Å². The van der Waals surface area contributed by atoms with Crippen LogP contribution in [0, 0.1) is 13.8 Å². The second-order valence-corrected chi connectivity index (χ2v) is 10.1. The van der Waals surface area contributed by atoms with E-state index < -0.39 is 23.8 Å². The summed E-state index contributed by atoms with van der Waals surface area (Å²) in [6.45, 7) is 11.9. The predicted octanol–water partition coefficient (Wildman–Crippen LogP) is 4.07. The van der Waals surface area contributed by atoms with Gasteiger partial charge in [-0.25, -0.2) is 4.79 Å². The van der Waals surface area contributed by atoms with Gasteiger partial charge in [0.15, 0.2) is 0 Å². The van der Waals surface area contributed by atoms with Crippen LogP contribution in [0.25, 0.3) is 0 Å². The van der Waals surface area contributed by atoms with Gasteiger partial charge in [0.25, 0.3) is 0 Å². The van der Waals surface area contributed by atoms with E-state index in [9.17, 15) is 14.4 Å². The van der Waals surface area contributed by atoms with Crippen molar-refractivity contribution in [3.05, 3.63) is 34.9 Å². The number of benzene rings is 1. The molecule has 1 fully saturated rings. The monoisotopic (exact) mass is 477 g/mol. The first-order valence-electron chi connectivity index (χ1n) is 11.8. The lowest BCUT2D eigenvalue weighted by atomic mass is 9.95. The molecule has 0 bridgehead atoms. The molecule has 3 amide bonds. The van der Waals surface area contributed by atoms with E-state index in [0.29, 0.717) is 6.54 Å². The van der Waals surface area contributed by atoms with Crippen molar-refractivity contribution in [1.29, 1.82) is 0 Å². The number of aryl methyl sites for hydroxylation is 1. The molecule has 1 saturated carbocycles. The normalized spacial score (nSPS) is 15.4. The summed E-state index contributed by atoms with van der Waals surface area (Å²) in [6.07, 6.45) is 2.78. The largest absolute Gasteiger partial charge is 0.444 e. The molecule has 184 valence electrons. The lowest BCUT2D eigenvalue weighted by Gasteiger charge is -2.35. The minimum Gasteiger partial charge on any atom is -0.444 e. The van der Waals surface area contributed by atoms with Crippen LogP contribution in [0.3, 0.4) is 0 Å².